The van der Waals surface area contributed by atoms with Gasteiger partial charge in [0, 0.05) is 17.7 Å². The van der Waals surface area contributed by atoms with Crippen LogP contribution in [-0.2, 0) is 6.42 Å². The van der Waals surface area contributed by atoms with Crippen molar-refractivity contribution >= 4 is 27.7 Å². The number of hydrogen-bond donors (Lipinski definition) is 2. The Morgan fingerprint density at radius 2 is 2.10 bits per heavy atom. The third-order valence-electron chi connectivity index (χ3n) is 3.30. The summed E-state index contributed by atoms with van der Waals surface area (Å²) in [7, 11) is 0. The van der Waals surface area contributed by atoms with Gasteiger partial charge in [0.05, 0.1) is 4.47 Å². The summed E-state index contributed by atoms with van der Waals surface area (Å²) in [6.45, 7) is 0.621. The summed E-state index contributed by atoms with van der Waals surface area (Å²) in [4.78, 5) is 15.4. The second kappa shape index (κ2) is 4.86. The molecule has 1 amide bonds. The summed E-state index contributed by atoms with van der Waals surface area (Å²) in [6.07, 6.45) is 0.768. The van der Waals surface area contributed by atoms with Crippen molar-refractivity contribution in [2.75, 3.05) is 12.3 Å². The molecule has 0 spiro atoms. The number of anilines is 1. The largest absolute Gasteiger partial charge is 0.383 e. The van der Waals surface area contributed by atoms with Gasteiger partial charge in [-0.15, -0.1) is 0 Å². The number of hydrogen-bond acceptors (Lipinski definition) is 3. The molecule has 0 aliphatic carbocycles. The van der Waals surface area contributed by atoms with Crippen molar-refractivity contribution in [1.82, 2.24) is 10.3 Å². The number of rotatable bonds is 1. The van der Waals surface area contributed by atoms with Gasteiger partial charge in [0.15, 0.2) is 0 Å². The van der Waals surface area contributed by atoms with Crippen LogP contribution >= 0.6 is 15.9 Å². The quantitative estimate of drug-likeness (QED) is 0.787. The first kappa shape index (κ1) is 13.1. The Bertz CT molecular complexity index is 718. The van der Waals surface area contributed by atoms with Crippen LogP contribution in [0.1, 0.15) is 15.9 Å². The third-order valence-corrected chi connectivity index (χ3v) is 3.86. The summed E-state index contributed by atoms with van der Waals surface area (Å²) in [5, 5.41) is 2.79. The summed E-state index contributed by atoms with van der Waals surface area (Å²) in [5.74, 6) is -0.571. The summed E-state index contributed by atoms with van der Waals surface area (Å²) in [6, 6.07) is 7.06. The van der Waals surface area contributed by atoms with Gasteiger partial charge in [-0.05, 0) is 45.6 Å². The van der Waals surface area contributed by atoms with Crippen molar-refractivity contribution in [3.05, 3.63) is 45.8 Å². The molecule has 1 aliphatic rings. The zero-order valence-electron chi connectivity index (χ0n) is 10.4. The number of nitrogens with zero attached hydrogens (tertiary/aromatic N) is 1. The lowest BCUT2D eigenvalue weighted by atomic mass is 9.95. The number of halogens is 2. The van der Waals surface area contributed by atoms with Gasteiger partial charge in [-0.3, -0.25) is 4.79 Å². The molecule has 20 heavy (non-hydrogen) atoms. The Morgan fingerprint density at radius 3 is 2.90 bits per heavy atom. The molecule has 2 aromatic rings. The molecule has 1 aromatic carbocycles. The zero-order chi connectivity index (χ0) is 14.3. The number of benzene rings is 1. The minimum atomic E-state index is -0.636. The molecule has 0 atom stereocenters. The van der Waals surface area contributed by atoms with Crippen LogP contribution in [-0.4, -0.2) is 17.4 Å². The Hall–Kier alpha value is -1.95. The van der Waals surface area contributed by atoms with Crippen molar-refractivity contribution in [1.29, 1.82) is 0 Å². The minimum Gasteiger partial charge on any atom is -0.383 e. The van der Waals surface area contributed by atoms with Crippen LogP contribution in [0.5, 0.6) is 0 Å². The number of aromatic nitrogens is 1. The SMILES string of the molecule is Nc1nc(F)c(Br)cc1-c1ccc2c(c1)CCNC2=O. The van der Waals surface area contributed by atoms with Crippen LogP contribution in [0.15, 0.2) is 28.7 Å². The smallest absolute Gasteiger partial charge is 0.251 e. The predicted octanol–water partition coefficient (Wildman–Crippen LogP) is 2.52. The number of nitrogens with two attached hydrogens (primary N) is 1. The Morgan fingerprint density at radius 1 is 1.30 bits per heavy atom. The normalized spacial score (nSPS) is 13.8. The van der Waals surface area contributed by atoms with Gasteiger partial charge < -0.3 is 11.1 Å². The highest BCUT2D eigenvalue weighted by Crippen LogP contribution is 2.30. The molecule has 3 N–H and O–H groups in total. The van der Waals surface area contributed by atoms with E-state index in [2.05, 4.69) is 26.2 Å². The number of nitrogen functional groups attached to an aromatic ring is 1. The minimum absolute atomic E-state index is 0.0656. The molecule has 0 unspecified atom stereocenters. The van der Waals surface area contributed by atoms with Gasteiger partial charge in [0.25, 0.3) is 5.91 Å². The van der Waals surface area contributed by atoms with E-state index < -0.39 is 5.95 Å². The van der Waals surface area contributed by atoms with Gasteiger partial charge >= 0.3 is 0 Å². The van der Waals surface area contributed by atoms with E-state index >= 15 is 0 Å². The van der Waals surface area contributed by atoms with E-state index in [0.29, 0.717) is 17.7 Å². The maximum atomic E-state index is 13.3. The monoisotopic (exact) mass is 335 g/mol. The first-order valence-electron chi connectivity index (χ1n) is 6.09. The molecule has 0 radical (unpaired) electrons. The van der Waals surface area contributed by atoms with E-state index in [1.54, 1.807) is 18.2 Å². The molecule has 2 heterocycles. The van der Waals surface area contributed by atoms with Gasteiger partial charge in [-0.1, -0.05) is 12.1 Å². The third kappa shape index (κ3) is 2.16. The molecule has 0 fully saturated rings. The molecule has 1 aliphatic heterocycles. The summed E-state index contributed by atoms with van der Waals surface area (Å²) >= 11 is 3.10. The Kier molecular flexibility index (Phi) is 3.17. The number of carbonyl (C=O) groups is 1. The zero-order valence-corrected chi connectivity index (χ0v) is 12.0. The van der Waals surface area contributed by atoms with Crippen LogP contribution in [0.2, 0.25) is 0 Å². The molecule has 0 saturated heterocycles. The molecule has 3 rings (SSSR count). The number of nitrogens with one attached hydrogen (secondary N) is 1. The highest BCUT2D eigenvalue weighted by Gasteiger charge is 2.18. The van der Waals surface area contributed by atoms with Crippen LogP contribution in [0, 0.1) is 5.95 Å². The maximum absolute atomic E-state index is 13.3. The highest BCUT2D eigenvalue weighted by molar-refractivity contribution is 9.10. The second-order valence-electron chi connectivity index (χ2n) is 4.57. The maximum Gasteiger partial charge on any atom is 0.251 e. The molecule has 102 valence electrons. The molecular weight excluding hydrogens is 325 g/mol. The average molecular weight is 336 g/mol. The fraction of sp³-hybridized carbons (Fsp3) is 0.143. The molecule has 0 bridgehead atoms. The lowest BCUT2D eigenvalue weighted by Gasteiger charge is -2.17. The van der Waals surface area contributed by atoms with Gasteiger partial charge in [0.2, 0.25) is 5.95 Å². The predicted molar refractivity (Wildman–Crippen MR) is 77.8 cm³/mol. The van der Waals surface area contributed by atoms with Gasteiger partial charge in [-0.2, -0.15) is 4.39 Å². The van der Waals surface area contributed by atoms with E-state index in [0.717, 1.165) is 17.5 Å². The number of fused-ring (bicyclic) bond motifs is 1. The Balaban J connectivity index is 2.12. The average Bonchev–Trinajstić information content (AvgIpc) is 2.43. The highest BCUT2D eigenvalue weighted by atomic mass is 79.9. The van der Waals surface area contributed by atoms with Gasteiger partial charge in [-0.25, -0.2) is 4.98 Å². The summed E-state index contributed by atoms with van der Waals surface area (Å²) in [5.41, 5.74) is 8.88. The van der Waals surface area contributed by atoms with E-state index in [1.807, 2.05) is 6.07 Å². The fourth-order valence-corrected chi connectivity index (χ4v) is 2.62. The van der Waals surface area contributed by atoms with E-state index in [-0.39, 0.29) is 16.2 Å². The van der Waals surface area contributed by atoms with Crippen LogP contribution in [0.3, 0.4) is 0 Å². The number of amides is 1. The van der Waals surface area contributed by atoms with Crippen molar-refractivity contribution in [3.63, 3.8) is 0 Å². The van der Waals surface area contributed by atoms with Crippen molar-refractivity contribution in [2.45, 2.75) is 6.42 Å². The molecule has 1 aromatic heterocycles. The first-order chi connectivity index (χ1) is 9.56. The van der Waals surface area contributed by atoms with Crippen molar-refractivity contribution in [2.24, 2.45) is 0 Å². The van der Waals surface area contributed by atoms with Crippen molar-refractivity contribution < 1.29 is 9.18 Å². The second-order valence-corrected chi connectivity index (χ2v) is 5.43. The van der Waals surface area contributed by atoms with E-state index in [9.17, 15) is 9.18 Å². The van der Waals surface area contributed by atoms with Crippen LogP contribution in [0.4, 0.5) is 10.2 Å². The topological polar surface area (TPSA) is 68.0 Å². The lowest BCUT2D eigenvalue weighted by molar-refractivity contribution is 0.0946. The number of carbonyl (C=O) groups excluding carboxylic acids is 1. The number of pyridine rings is 1. The van der Waals surface area contributed by atoms with Crippen LogP contribution in [0.25, 0.3) is 11.1 Å². The molecule has 4 nitrogen and oxygen atoms in total. The summed E-state index contributed by atoms with van der Waals surface area (Å²) < 4.78 is 13.6. The standard InChI is InChI=1S/C14H11BrFN3O/c15-11-6-10(13(17)19-12(11)16)7-1-2-9-8(5-7)3-4-18-14(9)20/h1-2,5-6H,3-4H2,(H2,17,19)(H,18,20). The molecular formula is C14H11BrFN3O. The van der Waals surface area contributed by atoms with E-state index in [4.69, 9.17) is 5.73 Å². The van der Waals surface area contributed by atoms with E-state index in [1.165, 1.54) is 0 Å². The first-order valence-corrected chi connectivity index (χ1v) is 6.88. The molecule has 0 saturated carbocycles. The van der Waals surface area contributed by atoms with Crippen molar-refractivity contribution in [3.8, 4) is 11.1 Å². The molecule has 6 heteroatoms. The van der Waals surface area contributed by atoms with Gasteiger partial charge in [0.1, 0.15) is 5.82 Å². The lowest BCUT2D eigenvalue weighted by Crippen LogP contribution is -2.31. The Labute approximate surface area is 123 Å². The fourth-order valence-electron chi connectivity index (χ4n) is 2.31. The van der Waals surface area contributed by atoms with Crippen LogP contribution < -0.4 is 11.1 Å².